The van der Waals surface area contributed by atoms with Crippen molar-refractivity contribution < 1.29 is 4.74 Å². The van der Waals surface area contributed by atoms with Gasteiger partial charge in [-0.25, -0.2) is 4.98 Å². The van der Waals surface area contributed by atoms with Crippen molar-refractivity contribution in [2.75, 3.05) is 18.5 Å². The Morgan fingerprint density at radius 2 is 2.00 bits per heavy atom. The smallest absolute Gasteiger partial charge is 0.219 e. The molecule has 1 aromatic heterocycles. The van der Waals surface area contributed by atoms with Crippen LogP contribution in [0.5, 0.6) is 5.88 Å². The van der Waals surface area contributed by atoms with Crippen LogP contribution in [0.15, 0.2) is 42.5 Å². The van der Waals surface area contributed by atoms with Crippen LogP contribution in [0, 0.1) is 6.92 Å². The van der Waals surface area contributed by atoms with E-state index in [0.29, 0.717) is 18.3 Å². The van der Waals surface area contributed by atoms with E-state index in [4.69, 9.17) is 4.74 Å². The van der Waals surface area contributed by atoms with E-state index in [1.54, 1.807) is 0 Å². The van der Waals surface area contributed by atoms with Crippen molar-refractivity contribution in [2.24, 2.45) is 0 Å². The second kappa shape index (κ2) is 8.04. The van der Waals surface area contributed by atoms with Crippen LogP contribution in [0.1, 0.15) is 24.7 Å². The lowest BCUT2D eigenvalue weighted by molar-refractivity contribution is 0.347. The van der Waals surface area contributed by atoms with Crippen LogP contribution in [-0.4, -0.2) is 23.1 Å². The van der Waals surface area contributed by atoms with Crippen LogP contribution in [0.2, 0.25) is 0 Å². The van der Waals surface area contributed by atoms with Crippen molar-refractivity contribution in [3.05, 3.63) is 53.9 Å². The Labute approximate surface area is 125 Å². The highest BCUT2D eigenvalue weighted by molar-refractivity contribution is 5.48. The maximum Gasteiger partial charge on any atom is 0.219 e. The van der Waals surface area contributed by atoms with Gasteiger partial charge < -0.3 is 10.1 Å². The van der Waals surface area contributed by atoms with Crippen molar-refractivity contribution in [1.82, 2.24) is 9.97 Å². The first-order chi connectivity index (χ1) is 10.3. The Morgan fingerprint density at radius 3 is 2.76 bits per heavy atom. The molecule has 2 rings (SSSR count). The quantitative estimate of drug-likeness (QED) is 0.841. The summed E-state index contributed by atoms with van der Waals surface area (Å²) >= 11 is 0. The first-order valence-electron chi connectivity index (χ1n) is 7.22. The third-order valence-corrected chi connectivity index (χ3v) is 2.81. The van der Waals surface area contributed by atoms with E-state index in [1.165, 1.54) is 0 Å². The fraction of sp³-hybridized carbons (Fsp3) is 0.294. The summed E-state index contributed by atoms with van der Waals surface area (Å²) < 4.78 is 5.65. The first-order valence-corrected chi connectivity index (χ1v) is 7.22. The summed E-state index contributed by atoms with van der Waals surface area (Å²) in [4.78, 5) is 8.61. The lowest BCUT2D eigenvalue weighted by Gasteiger charge is -2.07. The van der Waals surface area contributed by atoms with Gasteiger partial charge in [-0.15, -0.1) is 0 Å². The van der Waals surface area contributed by atoms with Crippen LogP contribution in [0.4, 0.5) is 5.82 Å². The molecule has 0 aliphatic carbocycles. The third-order valence-electron chi connectivity index (χ3n) is 2.81. The fourth-order valence-corrected chi connectivity index (χ4v) is 1.84. The summed E-state index contributed by atoms with van der Waals surface area (Å²) in [7, 11) is 0. The third kappa shape index (κ3) is 5.26. The molecule has 4 nitrogen and oxygen atoms in total. The molecule has 0 radical (unpaired) electrons. The highest BCUT2D eigenvalue weighted by Crippen LogP contribution is 2.13. The zero-order chi connectivity index (χ0) is 14.9. The monoisotopic (exact) mass is 283 g/mol. The molecule has 0 unspecified atom stereocenters. The summed E-state index contributed by atoms with van der Waals surface area (Å²) in [5.74, 6) is 2.11. The Kier molecular flexibility index (Phi) is 5.76. The molecule has 2 aromatic rings. The molecule has 0 saturated carbocycles. The van der Waals surface area contributed by atoms with Gasteiger partial charge in [0.2, 0.25) is 5.88 Å². The van der Waals surface area contributed by atoms with Gasteiger partial charge in [-0.1, -0.05) is 43.3 Å². The van der Waals surface area contributed by atoms with Gasteiger partial charge in [-0.3, -0.25) is 0 Å². The number of nitrogens with zero attached hydrogens (tertiary/aromatic N) is 2. The molecule has 21 heavy (non-hydrogen) atoms. The molecule has 0 aliphatic rings. The number of aromatic nitrogens is 2. The molecular weight excluding hydrogens is 262 g/mol. The normalized spacial score (nSPS) is 10.8. The van der Waals surface area contributed by atoms with Gasteiger partial charge in [0.15, 0.2) is 0 Å². The summed E-state index contributed by atoms with van der Waals surface area (Å²) in [6.45, 7) is 5.36. The molecule has 110 valence electrons. The van der Waals surface area contributed by atoms with Gasteiger partial charge in [-0.05, 0) is 25.0 Å². The molecule has 0 aliphatic heterocycles. The Balaban J connectivity index is 1.90. The summed E-state index contributed by atoms with van der Waals surface area (Å²) in [6.07, 6.45) is 5.06. The molecule has 0 spiro atoms. The molecule has 1 heterocycles. The zero-order valence-corrected chi connectivity index (χ0v) is 12.5. The van der Waals surface area contributed by atoms with Crippen LogP contribution in [-0.2, 0) is 0 Å². The first kappa shape index (κ1) is 15.0. The molecular formula is C17H21N3O. The Morgan fingerprint density at radius 1 is 1.19 bits per heavy atom. The number of aryl methyl sites for hydroxylation is 1. The number of rotatable bonds is 7. The van der Waals surface area contributed by atoms with Crippen molar-refractivity contribution in [3.63, 3.8) is 0 Å². The van der Waals surface area contributed by atoms with E-state index in [1.807, 2.05) is 43.3 Å². The number of benzene rings is 1. The minimum Gasteiger partial charge on any atom is -0.473 e. The molecule has 0 amide bonds. The second-order valence-corrected chi connectivity index (χ2v) is 4.69. The second-order valence-electron chi connectivity index (χ2n) is 4.69. The van der Waals surface area contributed by atoms with Gasteiger partial charge in [0.25, 0.3) is 0 Å². The summed E-state index contributed by atoms with van der Waals surface area (Å²) in [5, 5.41) is 3.24. The van der Waals surface area contributed by atoms with Gasteiger partial charge in [0.1, 0.15) is 18.2 Å². The molecule has 0 bridgehead atoms. The molecule has 0 atom stereocenters. The average Bonchev–Trinajstić information content (AvgIpc) is 2.50. The molecule has 1 aromatic carbocycles. The van der Waals surface area contributed by atoms with E-state index in [9.17, 15) is 0 Å². The SMILES string of the molecule is CCCNc1cc(OC/C=C/c2ccccc2)nc(C)n1. The van der Waals surface area contributed by atoms with E-state index in [2.05, 4.69) is 34.3 Å². The molecule has 4 heteroatoms. The van der Waals surface area contributed by atoms with E-state index in [0.717, 1.165) is 24.3 Å². The number of ether oxygens (including phenoxy) is 1. The van der Waals surface area contributed by atoms with Crippen molar-refractivity contribution in [2.45, 2.75) is 20.3 Å². The molecule has 1 N–H and O–H groups in total. The van der Waals surface area contributed by atoms with Gasteiger partial charge in [0.05, 0.1) is 0 Å². The van der Waals surface area contributed by atoms with Crippen molar-refractivity contribution in [3.8, 4) is 5.88 Å². The Hall–Kier alpha value is -2.36. The highest BCUT2D eigenvalue weighted by Gasteiger charge is 2.01. The predicted octanol–water partition coefficient (Wildman–Crippen LogP) is 3.70. The largest absolute Gasteiger partial charge is 0.473 e. The number of hydrogen-bond donors (Lipinski definition) is 1. The van der Waals surface area contributed by atoms with Gasteiger partial charge >= 0.3 is 0 Å². The maximum absolute atomic E-state index is 5.65. The van der Waals surface area contributed by atoms with Crippen LogP contribution < -0.4 is 10.1 Å². The number of hydrogen-bond acceptors (Lipinski definition) is 4. The summed E-state index contributed by atoms with van der Waals surface area (Å²) in [6, 6.07) is 12.0. The fourth-order valence-electron chi connectivity index (χ4n) is 1.84. The lowest BCUT2D eigenvalue weighted by Crippen LogP contribution is -2.05. The number of anilines is 1. The van der Waals surface area contributed by atoms with Crippen LogP contribution in [0.3, 0.4) is 0 Å². The van der Waals surface area contributed by atoms with E-state index in [-0.39, 0.29) is 0 Å². The lowest BCUT2D eigenvalue weighted by atomic mass is 10.2. The molecule has 0 fully saturated rings. The van der Waals surface area contributed by atoms with Crippen LogP contribution in [0.25, 0.3) is 6.08 Å². The van der Waals surface area contributed by atoms with Crippen molar-refractivity contribution in [1.29, 1.82) is 0 Å². The highest BCUT2D eigenvalue weighted by atomic mass is 16.5. The molecule has 0 saturated heterocycles. The number of nitrogens with one attached hydrogen (secondary N) is 1. The minimum absolute atomic E-state index is 0.485. The summed E-state index contributed by atoms with van der Waals surface area (Å²) in [5.41, 5.74) is 1.16. The van der Waals surface area contributed by atoms with Crippen LogP contribution >= 0.6 is 0 Å². The maximum atomic E-state index is 5.65. The Bertz CT molecular complexity index is 582. The minimum atomic E-state index is 0.485. The predicted molar refractivity (Wildman–Crippen MR) is 86.5 cm³/mol. The van der Waals surface area contributed by atoms with E-state index < -0.39 is 0 Å². The van der Waals surface area contributed by atoms with E-state index >= 15 is 0 Å². The van der Waals surface area contributed by atoms with Gasteiger partial charge in [0, 0.05) is 12.6 Å². The topological polar surface area (TPSA) is 47.0 Å². The van der Waals surface area contributed by atoms with Crippen molar-refractivity contribution >= 4 is 11.9 Å². The van der Waals surface area contributed by atoms with Gasteiger partial charge in [-0.2, -0.15) is 4.98 Å². The zero-order valence-electron chi connectivity index (χ0n) is 12.5. The average molecular weight is 283 g/mol. The standard InChI is InChI=1S/C17H21N3O/c1-3-11-18-16-13-17(20-14(2)19-16)21-12-7-10-15-8-5-4-6-9-15/h4-10,13H,3,11-12H2,1-2H3,(H,18,19,20)/b10-7+.